The molecule has 0 bridgehead atoms. The molecular formula is C14H18N2O4S. The second kappa shape index (κ2) is 6.13. The lowest BCUT2D eigenvalue weighted by molar-refractivity contribution is -0.134. The Balaban J connectivity index is 1.45. The second-order valence-electron chi connectivity index (χ2n) is 5.47. The van der Waals surface area contributed by atoms with Crippen LogP contribution in [0.25, 0.3) is 0 Å². The third-order valence-electron chi connectivity index (χ3n) is 4.08. The molecule has 1 aromatic rings. The molecule has 0 saturated carbocycles. The molecule has 1 aromatic heterocycles. The third kappa shape index (κ3) is 3.09. The maximum absolute atomic E-state index is 11.8. The number of hydrogen-bond acceptors (Lipinski definition) is 5. The van der Waals surface area contributed by atoms with Gasteiger partial charge in [0.1, 0.15) is 6.61 Å². The van der Waals surface area contributed by atoms with Crippen molar-refractivity contribution in [3.8, 4) is 0 Å². The molecule has 2 aliphatic rings. The minimum atomic E-state index is -0.445. The van der Waals surface area contributed by atoms with Gasteiger partial charge in [-0.1, -0.05) is 0 Å². The Kier molecular flexibility index (Phi) is 4.23. The molecule has 3 heterocycles. The number of fused-ring (bicyclic) bond motifs is 1. The molecule has 2 aliphatic heterocycles. The number of nitrogens with zero attached hydrogens (tertiary/aromatic N) is 1. The minimum absolute atomic E-state index is 0.00830. The fraction of sp³-hybridized carbons (Fsp3) is 0.571. The van der Waals surface area contributed by atoms with Crippen LogP contribution in [0.4, 0.5) is 0 Å². The summed E-state index contributed by atoms with van der Waals surface area (Å²) in [6.45, 7) is 1.23. The van der Waals surface area contributed by atoms with Crippen molar-refractivity contribution in [2.45, 2.75) is 18.6 Å². The van der Waals surface area contributed by atoms with Crippen LogP contribution in [0.5, 0.6) is 0 Å². The van der Waals surface area contributed by atoms with Gasteiger partial charge in [0.15, 0.2) is 0 Å². The molecule has 0 aliphatic carbocycles. The number of nitrogens with one attached hydrogen (secondary N) is 1. The van der Waals surface area contributed by atoms with E-state index < -0.39 is 6.61 Å². The van der Waals surface area contributed by atoms with E-state index in [0.29, 0.717) is 31.1 Å². The van der Waals surface area contributed by atoms with Crippen LogP contribution in [0.1, 0.15) is 16.8 Å². The van der Waals surface area contributed by atoms with Gasteiger partial charge in [0.2, 0.25) is 5.91 Å². The van der Waals surface area contributed by atoms with Crippen LogP contribution < -0.4 is 5.32 Å². The Bertz CT molecular complexity index is 505. The Hall–Kier alpha value is -1.44. The van der Waals surface area contributed by atoms with E-state index in [1.54, 1.807) is 11.0 Å². The number of thiophene rings is 1. The third-order valence-corrected chi connectivity index (χ3v) is 4.76. The fourth-order valence-electron chi connectivity index (χ4n) is 3.00. The molecule has 21 heavy (non-hydrogen) atoms. The van der Waals surface area contributed by atoms with E-state index in [4.69, 9.17) is 9.84 Å². The summed E-state index contributed by atoms with van der Waals surface area (Å²) in [6, 6.07) is 1.79. The average Bonchev–Trinajstić information content (AvgIpc) is 3.18. The first kappa shape index (κ1) is 14.5. The molecule has 6 nitrogen and oxygen atoms in total. The van der Waals surface area contributed by atoms with Crippen LogP contribution in [0.15, 0.2) is 16.8 Å². The number of rotatable bonds is 4. The molecule has 0 unspecified atom stereocenters. The van der Waals surface area contributed by atoms with Crippen molar-refractivity contribution in [3.63, 3.8) is 0 Å². The average molecular weight is 310 g/mol. The minimum Gasteiger partial charge on any atom is -0.387 e. The maximum atomic E-state index is 11.8. The number of aliphatic hydroxyl groups excluding tert-OH is 1. The van der Waals surface area contributed by atoms with E-state index in [-0.39, 0.29) is 24.0 Å². The van der Waals surface area contributed by atoms with Crippen molar-refractivity contribution >= 4 is 23.2 Å². The molecule has 7 heteroatoms. The van der Waals surface area contributed by atoms with E-state index >= 15 is 0 Å². The first-order chi connectivity index (χ1) is 10.2. The predicted octanol–water partition coefficient (Wildman–Crippen LogP) is 0.0861. The van der Waals surface area contributed by atoms with Crippen molar-refractivity contribution in [2.24, 2.45) is 5.92 Å². The Morgan fingerprint density at radius 3 is 3.00 bits per heavy atom. The highest BCUT2D eigenvalue weighted by atomic mass is 32.1. The Morgan fingerprint density at radius 2 is 2.33 bits per heavy atom. The van der Waals surface area contributed by atoms with Gasteiger partial charge >= 0.3 is 0 Å². The van der Waals surface area contributed by atoms with Crippen molar-refractivity contribution in [1.29, 1.82) is 0 Å². The molecule has 2 saturated heterocycles. The molecule has 114 valence electrons. The molecule has 2 N–H and O–H groups in total. The Morgan fingerprint density at radius 1 is 1.48 bits per heavy atom. The van der Waals surface area contributed by atoms with Gasteiger partial charge < -0.3 is 20.1 Å². The number of hydrogen-bond donors (Lipinski definition) is 2. The molecule has 0 aromatic carbocycles. The van der Waals surface area contributed by atoms with E-state index in [0.717, 1.165) is 6.42 Å². The van der Waals surface area contributed by atoms with E-state index in [2.05, 4.69) is 5.32 Å². The van der Waals surface area contributed by atoms with Crippen molar-refractivity contribution in [2.75, 3.05) is 26.2 Å². The molecule has 0 radical (unpaired) electrons. The van der Waals surface area contributed by atoms with E-state index in [9.17, 15) is 9.59 Å². The summed E-state index contributed by atoms with van der Waals surface area (Å²) in [4.78, 5) is 24.9. The largest absolute Gasteiger partial charge is 0.387 e. The number of ether oxygens (including phenoxy) is 1. The van der Waals surface area contributed by atoms with Gasteiger partial charge in [-0.15, -0.1) is 0 Å². The van der Waals surface area contributed by atoms with Crippen LogP contribution in [0.2, 0.25) is 0 Å². The summed E-state index contributed by atoms with van der Waals surface area (Å²) in [5.74, 6) is -0.00662. The first-order valence-corrected chi connectivity index (χ1v) is 7.96. The van der Waals surface area contributed by atoms with Gasteiger partial charge in [0.25, 0.3) is 5.91 Å². The van der Waals surface area contributed by atoms with E-state index in [1.165, 1.54) is 11.3 Å². The first-order valence-electron chi connectivity index (χ1n) is 7.02. The van der Waals surface area contributed by atoms with E-state index in [1.807, 2.05) is 10.8 Å². The smallest absolute Gasteiger partial charge is 0.252 e. The van der Waals surface area contributed by atoms with Crippen LogP contribution in [-0.4, -0.2) is 60.3 Å². The molecule has 2 fully saturated rings. The van der Waals surface area contributed by atoms with Crippen molar-refractivity contribution in [1.82, 2.24) is 10.2 Å². The maximum Gasteiger partial charge on any atom is 0.252 e. The number of carbonyl (C=O) groups excluding carboxylic acids is 2. The molecule has 3 atom stereocenters. The van der Waals surface area contributed by atoms with Crippen LogP contribution in [0, 0.1) is 5.92 Å². The summed E-state index contributed by atoms with van der Waals surface area (Å²) in [5, 5.41) is 15.4. The van der Waals surface area contributed by atoms with Gasteiger partial charge in [0.05, 0.1) is 12.2 Å². The normalized spacial score (nSPS) is 27.7. The second-order valence-corrected chi connectivity index (χ2v) is 6.25. The highest BCUT2D eigenvalue weighted by molar-refractivity contribution is 7.08. The summed E-state index contributed by atoms with van der Waals surface area (Å²) in [7, 11) is 0. The van der Waals surface area contributed by atoms with Gasteiger partial charge in [-0.25, -0.2) is 0 Å². The lowest BCUT2D eigenvalue weighted by Crippen LogP contribution is -2.36. The quantitative estimate of drug-likeness (QED) is 0.826. The highest BCUT2D eigenvalue weighted by Gasteiger charge is 2.43. The van der Waals surface area contributed by atoms with Crippen LogP contribution >= 0.6 is 11.3 Å². The van der Waals surface area contributed by atoms with Gasteiger partial charge in [-0.2, -0.15) is 11.3 Å². The number of aliphatic hydroxyl groups is 1. The van der Waals surface area contributed by atoms with Crippen LogP contribution in [-0.2, 0) is 9.53 Å². The predicted molar refractivity (Wildman–Crippen MR) is 77.1 cm³/mol. The topological polar surface area (TPSA) is 78.9 Å². The SMILES string of the molecule is O=C(NC[C@H]1C[C@H]2CN(C(=O)CO)C[C@@H]2O1)c1ccsc1. The van der Waals surface area contributed by atoms with Crippen LogP contribution in [0.3, 0.4) is 0 Å². The summed E-state index contributed by atoms with van der Waals surface area (Å²) in [6.07, 6.45) is 0.876. The van der Waals surface area contributed by atoms with Crippen molar-refractivity contribution < 1.29 is 19.4 Å². The molecular weight excluding hydrogens is 292 g/mol. The fourth-order valence-corrected chi connectivity index (χ4v) is 3.64. The zero-order valence-electron chi connectivity index (χ0n) is 11.5. The van der Waals surface area contributed by atoms with Gasteiger partial charge in [0, 0.05) is 36.5 Å². The zero-order valence-corrected chi connectivity index (χ0v) is 12.3. The standard InChI is InChI=1S/C14H18N2O4S/c17-7-13(18)16-5-10-3-11(20-12(10)6-16)4-15-14(19)9-1-2-21-8-9/h1-2,8,10-12,17H,3-7H2,(H,15,19)/t10-,11+,12-/m0/s1. The molecule has 0 spiro atoms. The number of amides is 2. The summed E-state index contributed by atoms with van der Waals surface area (Å²) < 4.78 is 5.89. The monoisotopic (exact) mass is 310 g/mol. The summed E-state index contributed by atoms with van der Waals surface area (Å²) in [5.41, 5.74) is 0.679. The lowest BCUT2D eigenvalue weighted by atomic mass is 10.0. The zero-order chi connectivity index (χ0) is 14.8. The highest BCUT2D eigenvalue weighted by Crippen LogP contribution is 2.32. The Labute approximate surface area is 126 Å². The lowest BCUT2D eigenvalue weighted by Gasteiger charge is -2.18. The van der Waals surface area contributed by atoms with Gasteiger partial charge in [-0.05, 0) is 17.9 Å². The summed E-state index contributed by atoms with van der Waals surface area (Å²) >= 11 is 1.49. The number of likely N-dealkylation sites (tertiary alicyclic amines) is 1. The molecule has 2 amide bonds. The van der Waals surface area contributed by atoms with Gasteiger partial charge in [-0.3, -0.25) is 9.59 Å². The number of carbonyl (C=O) groups is 2. The van der Waals surface area contributed by atoms with Crippen molar-refractivity contribution in [3.05, 3.63) is 22.4 Å². The molecule has 3 rings (SSSR count).